The fraction of sp³-hybridized carbons (Fsp3) is 0.273. The molecule has 0 aliphatic carbocycles. The van der Waals surface area contributed by atoms with Crippen LogP contribution >= 0.6 is 15.9 Å². The molecule has 2 aromatic rings. The zero-order valence-electron chi connectivity index (χ0n) is 8.97. The van der Waals surface area contributed by atoms with Crippen molar-refractivity contribution in [3.05, 3.63) is 46.5 Å². The van der Waals surface area contributed by atoms with Crippen molar-refractivity contribution in [2.24, 2.45) is 5.73 Å². The van der Waals surface area contributed by atoms with Crippen LogP contribution in [0.25, 0.3) is 0 Å². The Morgan fingerprint density at radius 2 is 2.12 bits per heavy atom. The molecule has 1 unspecified atom stereocenters. The zero-order valence-corrected chi connectivity index (χ0v) is 10.6. The summed E-state index contributed by atoms with van der Waals surface area (Å²) in [5, 5.41) is 4.25. The van der Waals surface area contributed by atoms with Crippen molar-refractivity contribution < 1.29 is 0 Å². The summed E-state index contributed by atoms with van der Waals surface area (Å²) in [6.07, 6.45) is 5.27. The van der Waals surface area contributed by atoms with E-state index in [1.54, 1.807) is 18.6 Å². The van der Waals surface area contributed by atoms with Crippen LogP contribution in [0.4, 0.5) is 0 Å². The molecule has 0 bridgehead atoms. The van der Waals surface area contributed by atoms with Gasteiger partial charge in [-0.1, -0.05) is 0 Å². The van der Waals surface area contributed by atoms with E-state index in [1.165, 1.54) is 0 Å². The van der Waals surface area contributed by atoms with E-state index >= 15 is 0 Å². The highest BCUT2D eigenvalue weighted by molar-refractivity contribution is 9.10. The molecule has 5 heteroatoms. The Hall–Kier alpha value is -1.20. The van der Waals surface area contributed by atoms with E-state index in [0.29, 0.717) is 0 Å². The molecule has 0 fully saturated rings. The first kappa shape index (κ1) is 11.3. The van der Waals surface area contributed by atoms with Crippen molar-refractivity contribution in [1.82, 2.24) is 14.8 Å². The number of pyridine rings is 1. The highest BCUT2D eigenvalue weighted by atomic mass is 79.9. The fourth-order valence-corrected chi connectivity index (χ4v) is 2.20. The van der Waals surface area contributed by atoms with Crippen molar-refractivity contribution >= 4 is 15.9 Å². The largest absolute Gasteiger partial charge is 0.319 e. The second-order valence-corrected chi connectivity index (χ2v) is 4.31. The van der Waals surface area contributed by atoms with Gasteiger partial charge in [0.2, 0.25) is 0 Å². The zero-order chi connectivity index (χ0) is 11.5. The lowest BCUT2D eigenvalue weighted by molar-refractivity contribution is 0.599. The number of aromatic nitrogens is 3. The molecule has 2 rings (SSSR count). The summed E-state index contributed by atoms with van der Waals surface area (Å²) < 4.78 is 2.84. The van der Waals surface area contributed by atoms with Crippen molar-refractivity contribution in [1.29, 1.82) is 0 Å². The lowest BCUT2D eigenvalue weighted by Crippen LogP contribution is -2.17. The maximum absolute atomic E-state index is 6.22. The van der Waals surface area contributed by atoms with Crippen LogP contribution in [-0.2, 0) is 6.54 Å². The molecule has 84 valence electrons. The Morgan fingerprint density at radius 1 is 1.44 bits per heavy atom. The normalized spacial score (nSPS) is 12.7. The average molecular weight is 281 g/mol. The lowest BCUT2D eigenvalue weighted by Gasteiger charge is -2.14. The molecule has 0 saturated carbocycles. The van der Waals surface area contributed by atoms with Crippen LogP contribution in [-0.4, -0.2) is 14.8 Å². The number of hydrogen-bond acceptors (Lipinski definition) is 3. The minimum atomic E-state index is -0.181. The van der Waals surface area contributed by atoms with Gasteiger partial charge in [0, 0.05) is 18.9 Å². The predicted octanol–water partition coefficient (Wildman–Crippen LogP) is 2.11. The fourth-order valence-electron chi connectivity index (χ4n) is 1.66. The van der Waals surface area contributed by atoms with Crippen LogP contribution < -0.4 is 5.73 Å². The molecule has 2 N–H and O–H groups in total. The summed E-state index contributed by atoms with van der Waals surface area (Å²) in [5.74, 6) is 0. The molecule has 0 radical (unpaired) electrons. The average Bonchev–Trinajstić information content (AvgIpc) is 2.70. The monoisotopic (exact) mass is 280 g/mol. The predicted molar refractivity (Wildman–Crippen MR) is 65.9 cm³/mol. The van der Waals surface area contributed by atoms with Gasteiger partial charge in [0.1, 0.15) is 0 Å². The third kappa shape index (κ3) is 2.01. The van der Waals surface area contributed by atoms with E-state index in [-0.39, 0.29) is 6.04 Å². The van der Waals surface area contributed by atoms with Gasteiger partial charge in [-0.25, -0.2) is 0 Å². The van der Waals surface area contributed by atoms with Crippen LogP contribution in [0, 0.1) is 0 Å². The van der Waals surface area contributed by atoms with Gasteiger partial charge in [-0.15, -0.1) is 0 Å². The molecule has 0 aliphatic heterocycles. The molecule has 16 heavy (non-hydrogen) atoms. The molecule has 2 heterocycles. The molecular formula is C11H13BrN4. The van der Waals surface area contributed by atoms with Crippen LogP contribution in [0.2, 0.25) is 0 Å². The SMILES string of the molecule is CCn1ncc(Br)c1C(N)c1ccncc1. The summed E-state index contributed by atoms with van der Waals surface area (Å²) in [5.41, 5.74) is 8.25. The summed E-state index contributed by atoms with van der Waals surface area (Å²) in [4.78, 5) is 3.98. The van der Waals surface area contributed by atoms with E-state index in [9.17, 15) is 0 Å². The van der Waals surface area contributed by atoms with Gasteiger partial charge in [-0.05, 0) is 40.5 Å². The Bertz CT molecular complexity index is 466. The van der Waals surface area contributed by atoms with E-state index in [2.05, 4.69) is 26.0 Å². The smallest absolute Gasteiger partial charge is 0.0738 e. The molecule has 0 saturated heterocycles. The first-order chi connectivity index (χ1) is 7.74. The van der Waals surface area contributed by atoms with E-state index in [4.69, 9.17) is 5.73 Å². The summed E-state index contributed by atoms with van der Waals surface area (Å²) in [6.45, 7) is 2.85. The molecule has 2 aromatic heterocycles. The second kappa shape index (κ2) is 4.76. The summed E-state index contributed by atoms with van der Waals surface area (Å²) in [6, 6.07) is 3.66. The number of aryl methyl sites for hydroxylation is 1. The number of nitrogens with two attached hydrogens (primary N) is 1. The lowest BCUT2D eigenvalue weighted by atomic mass is 10.1. The number of rotatable bonds is 3. The highest BCUT2D eigenvalue weighted by Gasteiger charge is 2.17. The maximum atomic E-state index is 6.22. The number of halogens is 1. The van der Waals surface area contributed by atoms with E-state index in [0.717, 1.165) is 22.3 Å². The first-order valence-corrected chi connectivity index (χ1v) is 5.90. The Morgan fingerprint density at radius 3 is 2.75 bits per heavy atom. The van der Waals surface area contributed by atoms with Crippen molar-refractivity contribution in [3.8, 4) is 0 Å². The van der Waals surface area contributed by atoms with Crippen molar-refractivity contribution in [2.45, 2.75) is 19.5 Å². The van der Waals surface area contributed by atoms with Gasteiger partial charge in [0.05, 0.1) is 22.4 Å². The van der Waals surface area contributed by atoms with Crippen molar-refractivity contribution in [3.63, 3.8) is 0 Å². The Labute approximate surface area is 103 Å². The molecule has 1 atom stereocenters. The van der Waals surface area contributed by atoms with Gasteiger partial charge < -0.3 is 5.73 Å². The molecule has 0 aliphatic rings. The number of hydrogen-bond donors (Lipinski definition) is 1. The molecule has 4 nitrogen and oxygen atoms in total. The van der Waals surface area contributed by atoms with E-state index < -0.39 is 0 Å². The van der Waals surface area contributed by atoms with Gasteiger partial charge >= 0.3 is 0 Å². The van der Waals surface area contributed by atoms with Gasteiger partial charge in [0.25, 0.3) is 0 Å². The summed E-state index contributed by atoms with van der Waals surface area (Å²) in [7, 11) is 0. The summed E-state index contributed by atoms with van der Waals surface area (Å²) >= 11 is 3.48. The standard InChI is InChI=1S/C11H13BrN4/c1-2-16-11(9(12)7-15-16)10(13)8-3-5-14-6-4-8/h3-7,10H,2,13H2,1H3. The maximum Gasteiger partial charge on any atom is 0.0738 e. The van der Waals surface area contributed by atoms with Crippen LogP contribution in [0.5, 0.6) is 0 Å². The molecular weight excluding hydrogens is 268 g/mol. The molecule has 0 aromatic carbocycles. The second-order valence-electron chi connectivity index (χ2n) is 3.45. The van der Waals surface area contributed by atoms with Gasteiger partial charge in [0.15, 0.2) is 0 Å². The number of nitrogens with zero attached hydrogens (tertiary/aromatic N) is 3. The van der Waals surface area contributed by atoms with E-state index in [1.807, 2.05) is 23.7 Å². The van der Waals surface area contributed by atoms with Crippen LogP contribution in [0.3, 0.4) is 0 Å². The van der Waals surface area contributed by atoms with Crippen LogP contribution in [0.15, 0.2) is 35.2 Å². The van der Waals surface area contributed by atoms with Gasteiger partial charge in [-0.2, -0.15) is 5.10 Å². The highest BCUT2D eigenvalue weighted by Crippen LogP contribution is 2.26. The first-order valence-electron chi connectivity index (χ1n) is 5.10. The third-order valence-electron chi connectivity index (χ3n) is 2.49. The molecule has 0 amide bonds. The quantitative estimate of drug-likeness (QED) is 0.937. The minimum Gasteiger partial charge on any atom is -0.319 e. The van der Waals surface area contributed by atoms with Crippen molar-refractivity contribution in [2.75, 3.05) is 0 Å². The Balaban J connectivity index is 2.41. The Kier molecular flexibility index (Phi) is 3.36. The topological polar surface area (TPSA) is 56.7 Å². The van der Waals surface area contributed by atoms with Crippen LogP contribution in [0.1, 0.15) is 24.2 Å². The van der Waals surface area contributed by atoms with Gasteiger partial charge in [-0.3, -0.25) is 9.67 Å². The molecule has 0 spiro atoms. The minimum absolute atomic E-state index is 0.181. The third-order valence-corrected chi connectivity index (χ3v) is 3.10.